The highest BCUT2D eigenvalue weighted by atomic mass is 16.5. The van der Waals surface area contributed by atoms with E-state index in [1.165, 1.54) is 20.0 Å². The summed E-state index contributed by atoms with van der Waals surface area (Å²) in [5.41, 5.74) is 0.745. The van der Waals surface area contributed by atoms with Crippen molar-refractivity contribution in [3.05, 3.63) is 23.8 Å². The quantitative estimate of drug-likeness (QED) is 0.789. The van der Waals surface area contributed by atoms with Gasteiger partial charge in [-0.2, -0.15) is 0 Å². The number of rotatable bonds is 6. The number of carbonyl (C=O) groups is 1. The highest BCUT2D eigenvalue weighted by Gasteiger charge is 2.27. The van der Waals surface area contributed by atoms with Crippen LogP contribution in [0.25, 0.3) is 0 Å². The van der Waals surface area contributed by atoms with Gasteiger partial charge < -0.3 is 14.6 Å². The van der Waals surface area contributed by atoms with E-state index in [1.54, 1.807) is 18.2 Å². The molecule has 5 heteroatoms. The zero-order valence-corrected chi connectivity index (χ0v) is 12.6. The van der Waals surface area contributed by atoms with E-state index in [1.807, 2.05) is 6.92 Å². The topological polar surface area (TPSA) is 67.8 Å². The Morgan fingerprint density at radius 3 is 2.76 bits per heavy atom. The fraction of sp³-hybridized carbons (Fsp3) is 0.562. The molecule has 0 aliphatic heterocycles. The predicted octanol–water partition coefficient (Wildman–Crippen LogP) is 2.54. The van der Waals surface area contributed by atoms with Crippen LogP contribution in [0.4, 0.5) is 0 Å². The Morgan fingerprint density at radius 2 is 2.14 bits per heavy atom. The average Bonchev–Trinajstić information content (AvgIpc) is 3.00. The zero-order chi connectivity index (χ0) is 15.2. The monoisotopic (exact) mass is 293 g/mol. The largest absolute Gasteiger partial charge is 0.504 e. The van der Waals surface area contributed by atoms with E-state index in [9.17, 15) is 9.90 Å². The number of benzene rings is 1. The summed E-state index contributed by atoms with van der Waals surface area (Å²) in [6.07, 6.45) is 4.52. The van der Waals surface area contributed by atoms with E-state index in [0.717, 1.165) is 18.4 Å². The molecule has 21 heavy (non-hydrogen) atoms. The molecule has 0 aromatic heterocycles. The minimum absolute atomic E-state index is 0.0742. The molecule has 2 rings (SSSR count). The highest BCUT2D eigenvalue weighted by Crippen LogP contribution is 2.31. The van der Waals surface area contributed by atoms with Crippen molar-refractivity contribution < 1.29 is 19.4 Å². The number of nitrogens with one attached hydrogen (secondary N) is 1. The van der Waals surface area contributed by atoms with E-state index in [0.29, 0.717) is 18.4 Å². The van der Waals surface area contributed by atoms with Crippen molar-refractivity contribution in [1.29, 1.82) is 0 Å². The maximum Gasteiger partial charge on any atom is 0.327 e. The lowest BCUT2D eigenvalue weighted by atomic mass is 10.0. The van der Waals surface area contributed by atoms with Gasteiger partial charge in [-0.15, -0.1) is 0 Å². The summed E-state index contributed by atoms with van der Waals surface area (Å²) in [7, 11) is 1.38. The van der Waals surface area contributed by atoms with E-state index in [-0.39, 0.29) is 11.7 Å². The molecule has 1 aromatic rings. The normalized spacial score (nSPS) is 16.7. The molecule has 1 aliphatic carbocycles. The molecule has 1 saturated carbocycles. The van der Waals surface area contributed by atoms with Crippen molar-refractivity contribution in [2.75, 3.05) is 13.7 Å². The number of carbonyl (C=O) groups excluding carboxylic acids is 1. The summed E-state index contributed by atoms with van der Waals surface area (Å²) in [5.74, 6) is 0.136. The first-order chi connectivity index (χ1) is 10.2. The van der Waals surface area contributed by atoms with E-state index in [2.05, 4.69) is 5.32 Å². The molecule has 0 amide bonds. The van der Waals surface area contributed by atoms with Crippen LogP contribution in [0.1, 0.15) is 44.2 Å². The van der Waals surface area contributed by atoms with Crippen molar-refractivity contribution in [3.63, 3.8) is 0 Å². The number of phenols is 1. The first-order valence-corrected chi connectivity index (χ1v) is 7.45. The number of hydrogen-bond donors (Lipinski definition) is 2. The van der Waals surface area contributed by atoms with Crippen LogP contribution in [-0.2, 0) is 9.53 Å². The van der Waals surface area contributed by atoms with Gasteiger partial charge in [0.05, 0.1) is 13.7 Å². The second-order valence-corrected chi connectivity index (χ2v) is 5.26. The van der Waals surface area contributed by atoms with Gasteiger partial charge in [0.2, 0.25) is 0 Å². The third kappa shape index (κ3) is 3.88. The Labute approximate surface area is 125 Å². The van der Waals surface area contributed by atoms with Gasteiger partial charge in [0.15, 0.2) is 11.5 Å². The van der Waals surface area contributed by atoms with Crippen LogP contribution >= 0.6 is 0 Å². The van der Waals surface area contributed by atoms with Gasteiger partial charge in [0.25, 0.3) is 0 Å². The van der Waals surface area contributed by atoms with Crippen molar-refractivity contribution >= 4 is 5.97 Å². The van der Waals surface area contributed by atoms with Crippen LogP contribution in [0.15, 0.2) is 18.2 Å². The molecule has 1 unspecified atom stereocenters. The number of phenolic OH excluding ortho intramolecular Hbond substituents is 1. The Morgan fingerprint density at radius 1 is 1.43 bits per heavy atom. The molecule has 1 aliphatic rings. The fourth-order valence-corrected chi connectivity index (χ4v) is 2.73. The van der Waals surface area contributed by atoms with Gasteiger partial charge in [0, 0.05) is 6.04 Å². The van der Waals surface area contributed by atoms with E-state index < -0.39 is 6.04 Å². The number of hydrogen-bond acceptors (Lipinski definition) is 5. The Balaban J connectivity index is 2.22. The summed E-state index contributed by atoms with van der Waals surface area (Å²) in [5, 5.41) is 13.1. The minimum atomic E-state index is -0.530. The summed E-state index contributed by atoms with van der Waals surface area (Å²) in [6.45, 7) is 2.30. The predicted molar refractivity (Wildman–Crippen MR) is 79.4 cm³/mol. The lowest BCUT2D eigenvalue weighted by Gasteiger charge is -2.22. The Hall–Kier alpha value is -1.75. The van der Waals surface area contributed by atoms with Gasteiger partial charge >= 0.3 is 5.97 Å². The first-order valence-electron chi connectivity index (χ1n) is 7.45. The Bertz CT molecular complexity index is 483. The molecule has 0 saturated heterocycles. The van der Waals surface area contributed by atoms with Crippen molar-refractivity contribution in [2.45, 2.75) is 44.7 Å². The second-order valence-electron chi connectivity index (χ2n) is 5.26. The average molecular weight is 293 g/mol. The molecule has 116 valence electrons. The second kappa shape index (κ2) is 7.31. The highest BCUT2D eigenvalue weighted by molar-refractivity contribution is 5.78. The smallest absolute Gasteiger partial charge is 0.327 e. The van der Waals surface area contributed by atoms with Gasteiger partial charge in [-0.05, 0) is 37.5 Å². The zero-order valence-electron chi connectivity index (χ0n) is 12.6. The molecule has 2 N–H and O–H groups in total. The fourth-order valence-electron chi connectivity index (χ4n) is 2.73. The van der Waals surface area contributed by atoms with Crippen LogP contribution in [0, 0.1) is 0 Å². The van der Waals surface area contributed by atoms with Crippen LogP contribution in [0.5, 0.6) is 11.5 Å². The molecular formula is C16H23NO4. The van der Waals surface area contributed by atoms with Crippen LogP contribution in [0.3, 0.4) is 0 Å². The van der Waals surface area contributed by atoms with Gasteiger partial charge in [-0.25, -0.2) is 4.79 Å². The van der Waals surface area contributed by atoms with Crippen LogP contribution < -0.4 is 10.1 Å². The molecule has 0 spiro atoms. The standard InChI is InChI=1S/C16H23NO4/c1-3-21-14-10-11(8-9-13(14)18)15(16(19)20-2)17-12-6-4-5-7-12/h8-10,12,15,17-18H,3-7H2,1-2H3. The SMILES string of the molecule is CCOc1cc(C(NC2CCCC2)C(=O)OC)ccc1O. The van der Waals surface area contributed by atoms with E-state index >= 15 is 0 Å². The van der Waals surface area contributed by atoms with Crippen LogP contribution in [-0.4, -0.2) is 30.8 Å². The third-order valence-electron chi connectivity index (χ3n) is 3.81. The Kier molecular flexibility index (Phi) is 5.44. The molecule has 1 aromatic carbocycles. The molecule has 0 radical (unpaired) electrons. The molecule has 0 heterocycles. The number of esters is 1. The maximum absolute atomic E-state index is 12.1. The third-order valence-corrected chi connectivity index (χ3v) is 3.81. The molecule has 0 bridgehead atoms. The maximum atomic E-state index is 12.1. The van der Waals surface area contributed by atoms with Crippen molar-refractivity contribution in [3.8, 4) is 11.5 Å². The lowest BCUT2D eigenvalue weighted by molar-refractivity contribution is -0.143. The van der Waals surface area contributed by atoms with Crippen LogP contribution in [0.2, 0.25) is 0 Å². The van der Waals surface area contributed by atoms with Gasteiger partial charge in [0.1, 0.15) is 6.04 Å². The summed E-state index contributed by atoms with van der Waals surface area (Å²) in [4.78, 5) is 12.1. The summed E-state index contributed by atoms with van der Waals surface area (Å²) in [6, 6.07) is 4.77. The molecular weight excluding hydrogens is 270 g/mol. The first kappa shape index (κ1) is 15.6. The minimum Gasteiger partial charge on any atom is -0.504 e. The molecule has 1 atom stereocenters. The van der Waals surface area contributed by atoms with Gasteiger partial charge in [-0.3, -0.25) is 5.32 Å². The molecule has 5 nitrogen and oxygen atoms in total. The summed E-state index contributed by atoms with van der Waals surface area (Å²) >= 11 is 0. The lowest BCUT2D eigenvalue weighted by Crippen LogP contribution is -2.36. The number of ether oxygens (including phenoxy) is 2. The molecule has 1 fully saturated rings. The van der Waals surface area contributed by atoms with E-state index in [4.69, 9.17) is 9.47 Å². The summed E-state index contributed by atoms with van der Waals surface area (Å²) < 4.78 is 10.3. The van der Waals surface area contributed by atoms with Crippen molar-refractivity contribution in [1.82, 2.24) is 5.32 Å². The number of methoxy groups -OCH3 is 1. The number of aromatic hydroxyl groups is 1. The van der Waals surface area contributed by atoms with Gasteiger partial charge in [-0.1, -0.05) is 18.9 Å². The van der Waals surface area contributed by atoms with Crippen molar-refractivity contribution in [2.24, 2.45) is 0 Å².